The molecular formula is C26H26BrN3O3. The van der Waals surface area contributed by atoms with E-state index in [1.807, 2.05) is 56.4 Å². The maximum atomic E-state index is 13.0. The van der Waals surface area contributed by atoms with Crippen molar-refractivity contribution in [3.8, 4) is 17.6 Å². The lowest BCUT2D eigenvalue weighted by atomic mass is 9.76. The topological polar surface area (TPSA) is 88.6 Å². The van der Waals surface area contributed by atoms with Crippen LogP contribution in [0.4, 0.5) is 0 Å². The van der Waals surface area contributed by atoms with Gasteiger partial charge in [-0.15, -0.1) is 0 Å². The number of nitrogens with zero attached hydrogens (tertiary/aromatic N) is 2. The maximum absolute atomic E-state index is 13.0. The molecule has 1 heterocycles. The van der Waals surface area contributed by atoms with Gasteiger partial charge in [0.2, 0.25) is 0 Å². The minimum atomic E-state index is -0.535. The third-order valence-electron chi connectivity index (χ3n) is 6.06. The highest BCUT2D eigenvalue weighted by Crippen LogP contribution is 2.47. The minimum absolute atomic E-state index is 0.0619. The summed E-state index contributed by atoms with van der Waals surface area (Å²) in [5.74, 6) is 1.05. The largest absolute Gasteiger partial charge is 0.490 e. The molecule has 2 aromatic carbocycles. The van der Waals surface area contributed by atoms with Crippen LogP contribution in [-0.2, 0) is 11.4 Å². The lowest BCUT2D eigenvalue weighted by Gasteiger charge is -2.37. The molecule has 1 atom stereocenters. The number of rotatable bonds is 6. The molecule has 6 nitrogen and oxygen atoms in total. The van der Waals surface area contributed by atoms with Crippen molar-refractivity contribution < 1.29 is 14.3 Å². The van der Waals surface area contributed by atoms with Crippen LogP contribution < -0.4 is 15.2 Å². The van der Waals surface area contributed by atoms with Crippen molar-refractivity contribution in [3.05, 3.63) is 80.7 Å². The van der Waals surface area contributed by atoms with E-state index < -0.39 is 5.92 Å². The normalized spacial score (nSPS) is 18.2. The predicted molar refractivity (Wildman–Crippen MR) is 129 cm³/mol. The number of carbonyl (C=O) groups excluding carboxylic acids is 1. The molecule has 2 aromatic rings. The molecule has 33 heavy (non-hydrogen) atoms. The molecule has 0 aromatic heterocycles. The van der Waals surface area contributed by atoms with Crippen LogP contribution in [0.3, 0.4) is 0 Å². The van der Waals surface area contributed by atoms with Crippen LogP contribution in [0.5, 0.6) is 11.5 Å². The highest BCUT2D eigenvalue weighted by atomic mass is 79.9. The summed E-state index contributed by atoms with van der Waals surface area (Å²) >= 11 is 3.63. The number of ketones is 1. The first-order valence-electron chi connectivity index (χ1n) is 11.0. The van der Waals surface area contributed by atoms with E-state index in [4.69, 9.17) is 15.2 Å². The molecule has 0 amide bonds. The van der Waals surface area contributed by atoms with E-state index in [0.717, 1.165) is 29.7 Å². The number of benzene rings is 2. The van der Waals surface area contributed by atoms with E-state index >= 15 is 0 Å². The van der Waals surface area contributed by atoms with Gasteiger partial charge in [-0.3, -0.25) is 4.79 Å². The Balaban J connectivity index is 1.79. The number of nitriles is 1. The Morgan fingerprint density at radius 2 is 1.97 bits per heavy atom. The Kier molecular flexibility index (Phi) is 6.75. The Morgan fingerprint density at radius 3 is 2.67 bits per heavy atom. The van der Waals surface area contributed by atoms with Crippen LogP contribution in [0, 0.1) is 11.3 Å². The predicted octanol–water partition coefficient (Wildman–Crippen LogP) is 5.16. The fraction of sp³-hybridized carbons (Fsp3) is 0.308. The van der Waals surface area contributed by atoms with Gasteiger partial charge in [0.05, 0.1) is 28.6 Å². The molecule has 170 valence electrons. The number of allylic oxidation sites excluding steroid dienone is 3. The number of nitrogens with two attached hydrogens (primary N) is 1. The maximum Gasteiger partial charge on any atom is 0.175 e. The van der Waals surface area contributed by atoms with Crippen molar-refractivity contribution in [2.24, 2.45) is 5.73 Å². The van der Waals surface area contributed by atoms with Gasteiger partial charge in [-0.05, 0) is 59.0 Å². The van der Waals surface area contributed by atoms with Crippen molar-refractivity contribution in [2.75, 3.05) is 13.7 Å². The van der Waals surface area contributed by atoms with Crippen molar-refractivity contribution in [1.29, 1.82) is 5.26 Å². The van der Waals surface area contributed by atoms with Gasteiger partial charge in [0.25, 0.3) is 0 Å². The summed E-state index contributed by atoms with van der Waals surface area (Å²) < 4.78 is 12.7. The van der Waals surface area contributed by atoms with E-state index in [-0.39, 0.29) is 5.78 Å². The fourth-order valence-corrected chi connectivity index (χ4v) is 5.06. The van der Waals surface area contributed by atoms with E-state index in [2.05, 4.69) is 22.0 Å². The average Bonchev–Trinajstić information content (AvgIpc) is 2.81. The van der Waals surface area contributed by atoms with Gasteiger partial charge in [0, 0.05) is 24.7 Å². The summed E-state index contributed by atoms with van der Waals surface area (Å²) in [5, 5.41) is 9.98. The SMILES string of the molecule is CCOc1cc([C@H]2C(C#N)=C(N)N(C)C3=C2C(=O)CCC3)cc(Br)c1OCc1ccccc1. The van der Waals surface area contributed by atoms with Crippen molar-refractivity contribution in [2.45, 2.75) is 38.7 Å². The smallest absolute Gasteiger partial charge is 0.175 e. The van der Waals surface area contributed by atoms with E-state index in [1.165, 1.54) is 0 Å². The summed E-state index contributed by atoms with van der Waals surface area (Å²) in [4.78, 5) is 14.8. The zero-order chi connectivity index (χ0) is 23.5. The van der Waals surface area contributed by atoms with Crippen molar-refractivity contribution >= 4 is 21.7 Å². The molecule has 2 aliphatic rings. The number of ether oxygens (including phenoxy) is 2. The van der Waals surface area contributed by atoms with Crippen LogP contribution >= 0.6 is 15.9 Å². The zero-order valence-corrected chi connectivity index (χ0v) is 20.3. The molecule has 1 aliphatic heterocycles. The van der Waals surface area contributed by atoms with Crippen LogP contribution in [0.15, 0.2) is 69.6 Å². The van der Waals surface area contributed by atoms with Gasteiger partial charge in [-0.25, -0.2) is 0 Å². The van der Waals surface area contributed by atoms with Gasteiger partial charge in [0.1, 0.15) is 12.4 Å². The average molecular weight is 508 g/mol. The third kappa shape index (κ3) is 4.36. The first-order chi connectivity index (χ1) is 16.0. The minimum Gasteiger partial charge on any atom is -0.490 e. The number of halogens is 1. The second-order valence-corrected chi connectivity index (χ2v) is 8.93. The van der Waals surface area contributed by atoms with Gasteiger partial charge in [-0.1, -0.05) is 30.3 Å². The molecule has 0 unspecified atom stereocenters. The fourth-order valence-electron chi connectivity index (χ4n) is 4.48. The quantitative estimate of drug-likeness (QED) is 0.580. The summed E-state index contributed by atoms with van der Waals surface area (Å²) in [7, 11) is 1.82. The van der Waals surface area contributed by atoms with Crippen molar-refractivity contribution in [3.63, 3.8) is 0 Å². The second kappa shape index (κ2) is 9.72. The van der Waals surface area contributed by atoms with E-state index in [9.17, 15) is 10.1 Å². The first-order valence-corrected chi connectivity index (χ1v) is 11.8. The molecule has 0 fully saturated rings. The summed E-state index contributed by atoms with van der Waals surface area (Å²) in [6.07, 6.45) is 2.01. The van der Waals surface area contributed by atoms with E-state index in [0.29, 0.717) is 52.6 Å². The highest BCUT2D eigenvalue weighted by molar-refractivity contribution is 9.10. The standard InChI is InChI=1S/C26H26BrN3O3/c1-3-32-22-13-17(12-19(27)25(22)33-15-16-8-5-4-6-9-16)23-18(14-28)26(29)30(2)20-10-7-11-21(31)24(20)23/h4-6,8-9,12-13,23H,3,7,10-11,15,29H2,1-2H3/t23-/m0/s1. The second-order valence-electron chi connectivity index (χ2n) is 8.08. The highest BCUT2D eigenvalue weighted by Gasteiger charge is 2.39. The molecule has 4 rings (SSSR count). The third-order valence-corrected chi connectivity index (χ3v) is 6.65. The number of hydrogen-bond donors (Lipinski definition) is 1. The molecule has 0 spiro atoms. The summed E-state index contributed by atoms with van der Waals surface area (Å²) in [5.41, 5.74) is 10.1. The Bertz CT molecular complexity index is 1180. The van der Waals surface area contributed by atoms with Gasteiger partial charge in [-0.2, -0.15) is 5.26 Å². The summed E-state index contributed by atoms with van der Waals surface area (Å²) in [6, 6.07) is 15.9. The van der Waals surface area contributed by atoms with Gasteiger partial charge >= 0.3 is 0 Å². The molecule has 0 saturated carbocycles. The lowest BCUT2D eigenvalue weighted by molar-refractivity contribution is -0.116. The molecule has 0 bridgehead atoms. The molecular weight excluding hydrogens is 482 g/mol. The summed E-state index contributed by atoms with van der Waals surface area (Å²) in [6.45, 7) is 2.74. The van der Waals surface area contributed by atoms with Gasteiger partial charge in [0.15, 0.2) is 17.3 Å². The Labute approximate surface area is 202 Å². The molecule has 1 aliphatic carbocycles. The number of hydrogen-bond acceptors (Lipinski definition) is 6. The Morgan fingerprint density at radius 1 is 1.21 bits per heavy atom. The molecule has 7 heteroatoms. The Hall–Kier alpha value is -3.24. The lowest BCUT2D eigenvalue weighted by Crippen LogP contribution is -2.36. The number of carbonyl (C=O) groups is 1. The van der Waals surface area contributed by atoms with E-state index in [1.54, 1.807) is 4.90 Å². The van der Waals surface area contributed by atoms with Crippen molar-refractivity contribution in [1.82, 2.24) is 4.90 Å². The molecule has 2 N–H and O–H groups in total. The molecule has 0 radical (unpaired) electrons. The first kappa shape index (κ1) is 22.9. The zero-order valence-electron chi connectivity index (χ0n) is 18.7. The van der Waals surface area contributed by atoms with Crippen LogP contribution in [0.2, 0.25) is 0 Å². The molecule has 0 saturated heterocycles. The van der Waals surface area contributed by atoms with Crippen LogP contribution in [0.1, 0.15) is 43.2 Å². The van der Waals surface area contributed by atoms with Crippen LogP contribution in [0.25, 0.3) is 0 Å². The number of Topliss-reactive ketones (excluding diaryl/α,β-unsaturated/α-hetero) is 1. The monoisotopic (exact) mass is 507 g/mol. The van der Waals surface area contributed by atoms with Gasteiger partial charge < -0.3 is 20.1 Å². The van der Waals surface area contributed by atoms with Crippen LogP contribution in [-0.4, -0.2) is 24.3 Å².